The molecule has 0 radical (unpaired) electrons. The SMILES string of the molecule is CC(C)(C)C1CCCC(Nc2ccccc2Br)CC1. The van der Waals surface area contributed by atoms with Gasteiger partial charge in [0.05, 0.1) is 0 Å². The van der Waals surface area contributed by atoms with Gasteiger partial charge in [-0.1, -0.05) is 39.3 Å². The number of halogens is 1. The van der Waals surface area contributed by atoms with E-state index in [2.05, 4.69) is 66.3 Å². The second kappa shape index (κ2) is 6.30. The van der Waals surface area contributed by atoms with Gasteiger partial charge in [-0.15, -0.1) is 0 Å². The third kappa shape index (κ3) is 4.24. The van der Waals surface area contributed by atoms with Crippen LogP contribution in [-0.2, 0) is 0 Å². The zero-order valence-corrected chi connectivity index (χ0v) is 14.0. The molecule has 0 heterocycles. The quantitative estimate of drug-likeness (QED) is 0.672. The summed E-state index contributed by atoms with van der Waals surface area (Å²) in [5.74, 6) is 0.874. The van der Waals surface area contributed by atoms with Crippen LogP contribution in [0.15, 0.2) is 28.7 Å². The summed E-state index contributed by atoms with van der Waals surface area (Å²) in [5.41, 5.74) is 1.70. The number of hydrogen-bond donors (Lipinski definition) is 1. The van der Waals surface area contributed by atoms with Crippen LogP contribution in [0.4, 0.5) is 5.69 Å². The molecule has 2 atom stereocenters. The average Bonchev–Trinajstić information content (AvgIpc) is 2.57. The van der Waals surface area contributed by atoms with Gasteiger partial charge in [0.15, 0.2) is 0 Å². The first-order valence-electron chi connectivity index (χ1n) is 7.48. The topological polar surface area (TPSA) is 12.0 Å². The predicted molar refractivity (Wildman–Crippen MR) is 87.6 cm³/mol. The molecule has 1 aromatic rings. The van der Waals surface area contributed by atoms with Crippen LogP contribution in [0.25, 0.3) is 0 Å². The number of anilines is 1. The van der Waals surface area contributed by atoms with E-state index in [1.807, 2.05) is 0 Å². The molecule has 0 spiro atoms. The number of hydrogen-bond acceptors (Lipinski definition) is 1. The minimum Gasteiger partial charge on any atom is -0.381 e. The van der Waals surface area contributed by atoms with Gasteiger partial charge in [-0.3, -0.25) is 0 Å². The molecule has 1 aromatic carbocycles. The zero-order chi connectivity index (χ0) is 13.9. The monoisotopic (exact) mass is 323 g/mol. The number of benzene rings is 1. The molecule has 19 heavy (non-hydrogen) atoms. The van der Waals surface area contributed by atoms with Crippen LogP contribution in [0.5, 0.6) is 0 Å². The van der Waals surface area contributed by atoms with E-state index < -0.39 is 0 Å². The zero-order valence-electron chi connectivity index (χ0n) is 12.4. The average molecular weight is 324 g/mol. The molecule has 0 amide bonds. The van der Waals surface area contributed by atoms with Crippen molar-refractivity contribution in [1.82, 2.24) is 0 Å². The van der Waals surface area contributed by atoms with Gasteiger partial charge < -0.3 is 5.32 Å². The fourth-order valence-electron chi connectivity index (χ4n) is 3.11. The van der Waals surface area contributed by atoms with E-state index in [9.17, 15) is 0 Å². The van der Waals surface area contributed by atoms with Crippen LogP contribution >= 0.6 is 15.9 Å². The Morgan fingerprint density at radius 3 is 2.47 bits per heavy atom. The third-order valence-electron chi connectivity index (χ3n) is 4.43. The highest BCUT2D eigenvalue weighted by molar-refractivity contribution is 9.10. The van der Waals surface area contributed by atoms with Crippen LogP contribution in [0, 0.1) is 11.3 Å². The molecule has 106 valence electrons. The molecule has 0 aliphatic heterocycles. The Balaban J connectivity index is 1.95. The van der Waals surface area contributed by atoms with Crippen molar-refractivity contribution < 1.29 is 0 Å². The van der Waals surface area contributed by atoms with Crippen LogP contribution in [-0.4, -0.2) is 6.04 Å². The lowest BCUT2D eigenvalue weighted by atomic mass is 9.76. The van der Waals surface area contributed by atoms with Crippen molar-refractivity contribution >= 4 is 21.6 Å². The summed E-state index contributed by atoms with van der Waals surface area (Å²) in [7, 11) is 0. The molecule has 2 rings (SSSR count). The van der Waals surface area contributed by atoms with Gasteiger partial charge in [0.25, 0.3) is 0 Å². The maximum Gasteiger partial charge on any atom is 0.0486 e. The molecule has 1 fully saturated rings. The van der Waals surface area contributed by atoms with Crippen LogP contribution in [0.2, 0.25) is 0 Å². The number of rotatable bonds is 2. The number of nitrogens with one attached hydrogen (secondary N) is 1. The fourth-order valence-corrected chi connectivity index (χ4v) is 3.51. The van der Waals surface area contributed by atoms with E-state index in [1.165, 1.54) is 42.3 Å². The lowest BCUT2D eigenvalue weighted by Gasteiger charge is -2.29. The van der Waals surface area contributed by atoms with Gasteiger partial charge in [0, 0.05) is 16.2 Å². The first-order chi connectivity index (χ1) is 8.97. The Bertz CT molecular complexity index is 408. The first kappa shape index (κ1) is 14.9. The highest BCUT2D eigenvalue weighted by Gasteiger charge is 2.27. The molecule has 0 bridgehead atoms. The molecule has 0 saturated heterocycles. The van der Waals surface area contributed by atoms with E-state index in [1.54, 1.807) is 0 Å². The molecule has 1 aliphatic rings. The summed E-state index contributed by atoms with van der Waals surface area (Å²) in [5, 5.41) is 3.71. The minimum absolute atomic E-state index is 0.461. The lowest BCUT2D eigenvalue weighted by molar-refractivity contribution is 0.214. The Labute approximate surface area is 126 Å². The van der Waals surface area contributed by atoms with Gasteiger partial charge in [-0.2, -0.15) is 0 Å². The summed E-state index contributed by atoms with van der Waals surface area (Å²) in [6.07, 6.45) is 6.69. The van der Waals surface area contributed by atoms with Crippen molar-refractivity contribution in [3.05, 3.63) is 28.7 Å². The van der Waals surface area contributed by atoms with Gasteiger partial charge in [0.2, 0.25) is 0 Å². The smallest absolute Gasteiger partial charge is 0.0486 e. The van der Waals surface area contributed by atoms with E-state index in [4.69, 9.17) is 0 Å². The molecule has 0 aromatic heterocycles. The van der Waals surface area contributed by atoms with Crippen molar-refractivity contribution in [2.45, 2.75) is 58.9 Å². The summed E-state index contributed by atoms with van der Waals surface area (Å²) in [6, 6.07) is 9.07. The van der Waals surface area contributed by atoms with E-state index in [-0.39, 0.29) is 0 Å². The second-order valence-electron chi connectivity index (χ2n) is 6.89. The Hall–Kier alpha value is -0.500. The summed E-state index contributed by atoms with van der Waals surface area (Å²) in [4.78, 5) is 0. The first-order valence-corrected chi connectivity index (χ1v) is 8.27. The Morgan fingerprint density at radius 1 is 1.05 bits per heavy atom. The summed E-state index contributed by atoms with van der Waals surface area (Å²) >= 11 is 3.62. The highest BCUT2D eigenvalue weighted by atomic mass is 79.9. The van der Waals surface area contributed by atoms with Crippen LogP contribution in [0.3, 0.4) is 0 Å². The normalized spacial score (nSPS) is 24.8. The van der Waals surface area contributed by atoms with Crippen molar-refractivity contribution in [3.63, 3.8) is 0 Å². The maximum atomic E-state index is 3.71. The molecule has 1 saturated carbocycles. The predicted octanol–water partition coefficient (Wildman–Crippen LogP) is 5.86. The standard InChI is InChI=1S/C17H26BrN/c1-17(2,3)13-7-6-8-14(12-11-13)19-16-10-5-4-9-15(16)18/h4-5,9-10,13-14,19H,6-8,11-12H2,1-3H3. The lowest BCUT2D eigenvalue weighted by Crippen LogP contribution is -2.21. The van der Waals surface area contributed by atoms with Gasteiger partial charge in [-0.05, 0) is 65.1 Å². The van der Waals surface area contributed by atoms with Gasteiger partial charge in [-0.25, -0.2) is 0 Å². The Morgan fingerprint density at radius 2 is 1.79 bits per heavy atom. The summed E-state index contributed by atoms with van der Waals surface area (Å²) < 4.78 is 1.17. The van der Waals surface area contributed by atoms with E-state index in [0.717, 1.165) is 5.92 Å². The molecule has 1 N–H and O–H groups in total. The van der Waals surface area contributed by atoms with Gasteiger partial charge >= 0.3 is 0 Å². The van der Waals surface area contributed by atoms with Crippen molar-refractivity contribution in [2.24, 2.45) is 11.3 Å². The summed E-state index contributed by atoms with van der Waals surface area (Å²) in [6.45, 7) is 7.16. The second-order valence-corrected chi connectivity index (χ2v) is 7.75. The third-order valence-corrected chi connectivity index (χ3v) is 5.12. The minimum atomic E-state index is 0.461. The van der Waals surface area contributed by atoms with E-state index in [0.29, 0.717) is 11.5 Å². The molecule has 1 nitrogen and oxygen atoms in total. The largest absolute Gasteiger partial charge is 0.381 e. The Kier molecular flexibility index (Phi) is 4.94. The molecular weight excluding hydrogens is 298 g/mol. The van der Waals surface area contributed by atoms with Crippen molar-refractivity contribution in [3.8, 4) is 0 Å². The van der Waals surface area contributed by atoms with Crippen molar-refractivity contribution in [1.29, 1.82) is 0 Å². The molecule has 1 aliphatic carbocycles. The maximum absolute atomic E-state index is 3.71. The molecular formula is C17H26BrN. The highest BCUT2D eigenvalue weighted by Crippen LogP contribution is 2.37. The number of para-hydroxylation sites is 1. The van der Waals surface area contributed by atoms with Gasteiger partial charge in [0.1, 0.15) is 0 Å². The van der Waals surface area contributed by atoms with Crippen LogP contribution in [0.1, 0.15) is 52.9 Å². The molecule has 2 unspecified atom stereocenters. The fraction of sp³-hybridized carbons (Fsp3) is 0.647. The molecule has 2 heteroatoms. The van der Waals surface area contributed by atoms with Crippen molar-refractivity contribution in [2.75, 3.05) is 5.32 Å². The van der Waals surface area contributed by atoms with E-state index >= 15 is 0 Å². The van der Waals surface area contributed by atoms with Crippen LogP contribution < -0.4 is 5.32 Å².